The minimum absolute atomic E-state index is 0.102. The molecule has 0 radical (unpaired) electrons. The van der Waals surface area contributed by atoms with Crippen molar-refractivity contribution in [2.45, 2.75) is 53.0 Å². The second-order valence-corrected chi connectivity index (χ2v) is 8.35. The first-order valence-electron chi connectivity index (χ1n) is 11.8. The smallest absolute Gasteiger partial charge is 0.305 e. The third kappa shape index (κ3) is 6.44. The van der Waals surface area contributed by atoms with Crippen LogP contribution >= 0.6 is 0 Å². The highest BCUT2D eigenvalue weighted by molar-refractivity contribution is 6.01. The Morgan fingerprint density at radius 3 is 2.45 bits per heavy atom. The first kappa shape index (κ1) is 24.5. The van der Waals surface area contributed by atoms with Gasteiger partial charge in [0.05, 0.1) is 12.5 Å². The Labute approximate surface area is 195 Å². The van der Waals surface area contributed by atoms with Crippen LogP contribution < -0.4 is 15.8 Å². The molecule has 0 aliphatic carbocycles. The molecule has 3 amide bonds. The van der Waals surface area contributed by atoms with E-state index in [9.17, 15) is 14.4 Å². The number of unbranched alkanes of at least 4 members (excludes halogenated alkanes) is 1. The molecule has 0 saturated carbocycles. The Kier molecular flexibility index (Phi) is 8.65. The van der Waals surface area contributed by atoms with E-state index in [0.29, 0.717) is 12.3 Å². The van der Waals surface area contributed by atoms with Gasteiger partial charge in [-0.2, -0.15) is 0 Å². The number of carbonyl (C=O) groups excluding carboxylic acids is 3. The van der Waals surface area contributed by atoms with Gasteiger partial charge in [-0.3, -0.25) is 30.1 Å². The number of amides is 3. The molecule has 178 valence electrons. The van der Waals surface area contributed by atoms with Crippen molar-refractivity contribution in [3.05, 3.63) is 53.5 Å². The molecule has 1 fully saturated rings. The van der Waals surface area contributed by atoms with Gasteiger partial charge in [-0.1, -0.05) is 39.3 Å². The number of anilines is 1. The summed E-state index contributed by atoms with van der Waals surface area (Å²) in [7, 11) is 0. The summed E-state index contributed by atoms with van der Waals surface area (Å²) in [6, 6.07) is 11.3. The molecule has 8 heteroatoms. The van der Waals surface area contributed by atoms with Gasteiger partial charge in [-0.15, -0.1) is 0 Å². The molecule has 0 bridgehead atoms. The van der Waals surface area contributed by atoms with Gasteiger partial charge >= 0.3 is 5.91 Å². The molecule has 2 heterocycles. The van der Waals surface area contributed by atoms with Gasteiger partial charge in [0.15, 0.2) is 5.76 Å². The minimum atomic E-state index is -0.535. The largest absolute Gasteiger partial charge is 0.454 e. The van der Waals surface area contributed by atoms with Gasteiger partial charge in [0, 0.05) is 18.7 Å². The maximum Gasteiger partial charge on any atom is 0.305 e. The Morgan fingerprint density at radius 1 is 1.06 bits per heavy atom. The maximum absolute atomic E-state index is 12.6. The van der Waals surface area contributed by atoms with Gasteiger partial charge in [0.25, 0.3) is 0 Å². The summed E-state index contributed by atoms with van der Waals surface area (Å²) in [6.07, 6.45) is 3.39. The van der Waals surface area contributed by atoms with E-state index in [1.807, 2.05) is 24.3 Å². The molecule has 1 saturated heterocycles. The predicted molar refractivity (Wildman–Crippen MR) is 126 cm³/mol. The number of nitrogens with one attached hydrogen (secondary N) is 2. The molecule has 8 nitrogen and oxygen atoms in total. The molecular weight excluding hydrogens is 420 g/mol. The van der Waals surface area contributed by atoms with E-state index < -0.39 is 17.7 Å². The number of hydrogen-bond donors (Lipinski definition) is 2. The third-order valence-electron chi connectivity index (χ3n) is 6.02. The number of rotatable bonds is 10. The predicted octanol–water partition coefficient (Wildman–Crippen LogP) is 3.28. The van der Waals surface area contributed by atoms with Crippen LogP contribution in [0.1, 0.15) is 61.9 Å². The van der Waals surface area contributed by atoms with Gasteiger partial charge in [-0.25, -0.2) is 0 Å². The van der Waals surface area contributed by atoms with Crippen molar-refractivity contribution in [1.82, 2.24) is 15.8 Å². The van der Waals surface area contributed by atoms with Gasteiger partial charge in [0.1, 0.15) is 5.76 Å². The number of hydrazine groups is 1. The fraction of sp³-hybridized carbons (Fsp3) is 0.480. The van der Waals surface area contributed by atoms with Crippen molar-refractivity contribution in [2.24, 2.45) is 5.92 Å². The molecule has 0 spiro atoms. The number of hydrogen-bond acceptors (Lipinski definition) is 5. The standard InChI is InChI=1S/C25H34N4O4/c1-4-7-8-18-9-11-20(12-10-18)29-16-19(15-23(29)30)24(31)26-27-25(32)22-14-13-21(33-22)17-28(5-2)6-3/h9-14,19H,4-8,15-17H2,1-3H3,(H,26,31)(H,27,32). The van der Waals surface area contributed by atoms with Crippen LogP contribution in [0.4, 0.5) is 5.69 Å². The molecule has 1 aliphatic heterocycles. The number of nitrogens with zero attached hydrogens (tertiary/aromatic N) is 2. The summed E-state index contributed by atoms with van der Waals surface area (Å²) in [5.41, 5.74) is 6.85. The average molecular weight is 455 g/mol. The second-order valence-electron chi connectivity index (χ2n) is 8.35. The van der Waals surface area contributed by atoms with Crippen LogP contribution in [-0.4, -0.2) is 42.3 Å². The fourth-order valence-electron chi connectivity index (χ4n) is 3.89. The normalized spacial score (nSPS) is 15.8. The summed E-state index contributed by atoms with van der Waals surface area (Å²) in [4.78, 5) is 41.2. The van der Waals surface area contributed by atoms with Crippen molar-refractivity contribution >= 4 is 23.4 Å². The van der Waals surface area contributed by atoms with Crippen LogP contribution in [0.3, 0.4) is 0 Å². The second kappa shape index (κ2) is 11.7. The highest BCUT2D eigenvalue weighted by Gasteiger charge is 2.35. The van der Waals surface area contributed by atoms with E-state index in [0.717, 1.165) is 38.0 Å². The molecule has 1 atom stereocenters. The lowest BCUT2D eigenvalue weighted by Crippen LogP contribution is -2.45. The summed E-state index contributed by atoms with van der Waals surface area (Å²) in [6.45, 7) is 8.95. The first-order chi connectivity index (χ1) is 15.9. The molecule has 1 aliphatic rings. The summed E-state index contributed by atoms with van der Waals surface area (Å²) < 4.78 is 5.60. The zero-order valence-corrected chi connectivity index (χ0v) is 19.7. The Balaban J connectivity index is 1.50. The maximum atomic E-state index is 12.6. The summed E-state index contributed by atoms with van der Waals surface area (Å²) >= 11 is 0. The summed E-state index contributed by atoms with van der Waals surface area (Å²) in [5, 5.41) is 0. The minimum Gasteiger partial charge on any atom is -0.454 e. The summed E-state index contributed by atoms with van der Waals surface area (Å²) in [5.74, 6) is -0.744. The van der Waals surface area contributed by atoms with Crippen LogP contribution in [0.5, 0.6) is 0 Å². The molecule has 1 aromatic carbocycles. The van der Waals surface area contributed by atoms with Crippen LogP contribution in [0.15, 0.2) is 40.8 Å². The first-order valence-corrected chi connectivity index (χ1v) is 11.8. The number of carbonyl (C=O) groups is 3. The van der Waals surface area contributed by atoms with E-state index in [1.165, 1.54) is 5.56 Å². The van der Waals surface area contributed by atoms with E-state index in [2.05, 4.69) is 36.5 Å². The number of benzene rings is 1. The highest BCUT2D eigenvalue weighted by atomic mass is 16.4. The fourth-order valence-corrected chi connectivity index (χ4v) is 3.89. The third-order valence-corrected chi connectivity index (χ3v) is 6.02. The molecule has 2 aromatic rings. The lowest BCUT2D eigenvalue weighted by Gasteiger charge is -2.17. The zero-order valence-electron chi connectivity index (χ0n) is 19.7. The molecule has 3 rings (SSSR count). The molecule has 1 unspecified atom stereocenters. The number of aryl methyl sites for hydroxylation is 1. The molecule has 2 N–H and O–H groups in total. The Morgan fingerprint density at radius 2 is 1.79 bits per heavy atom. The lowest BCUT2D eigenvalue weighted by molar-refractivity contribution is -0.126. The zero-order chi connectivity index (χ0) is 23.8. The van der Waals surface area contributed by atoms with Crippen molar-refractivity contribution in [3.63, 3.8) is 0 Å². The SMILES string of the molecule is CCCCc1ccc(N2CC(C(=O)NNC(=O)c3ccc(CN(CC)CC)o3)CC2=O)cc1. The van der Waals surface area contributed by atoms with Crippen LogP contribution in [0.2, 0.25) is 0 Å². The van der Waals surface area contributed by atoms with Gasteiger partial charge in [0.2, 0.25) is 11.8 Å². The van der Waals surface area contributed by atoms with E-state index >= 15 is 0 Å². The molecular formula is C25H34N4O4. The van der Waals surface area contributed by atoms with Crippen LogP contribution in [0, 0.1) is 5.92 Å². The quantitative estimate of drug-likeness (QED) is 0.537. The lowest BCUT2D eigenvalue weighted by atomic mass is 10.1. The highest BCUT2D eigenvalue weighted by Crippen LogP contribution is 2.25. The molecule has 33 heavy (non-hydrogen) atoms. The van der Waals surface area contributed by atoms with Crippen LogP contribution in [0.25, 0.3) is 0 Å². The van der Waals surface area contributed by atoms with Gasteiger partial charge < -0.3 is 9.32 Å². The Bertz CT molecular complexity index is 950. The van der Waals surface area contributed by atoms with Gasteiger partial charge in [-0.05, 0) is 55.8 Å². The van der Waals surface area contributed by atoms with E-state index in [4.69, 9.17) is 4.42 Å². The van der Waals surface area contributed by atoms with Crippen molar-refractivity contribution < 1.29 is 18.8 Å². The Hall–Kier alpha value is -3.13. The number of furan rings is 1. The van der Waals surface area contributed by atoms with Crippen molar-refractivity contribution in [1.29, 1.82) is 0 Å². The van der Waals surface area contributed by atoms with Crippen LogP contribution in [-0.2, 0) is 22.6 Å². The van der Waals surface area contributed by atoms with Crippen molar-refractivity contribution in [2.75, 3.05) is 24.5 Å². The van der Waals surface area contributed by atoms with E-state index in [1.54, 1.807) is 17.0 Å². The van der Waals surface area contributed by atoms with Crippen molar-refractivity contribution in [3.8, 4) is 0 Å². The molecule has 1 aromatic heterocycles. The van der Waals surface area contributed by atoms with E-state index in [-0.39, 0.29) is 24.6 Å². The average Bonchev–Trinajstić information content (AvgIpc) is 3.46. The monoisotopic (exact) mass is 454 g/mol. The topological polar surface area (TPSA) is 94.9 Å².